The molecule has 1 heterocycles. The van der Waals surface area contributed by atoms with E-state index in [1.807, 2.05) is 13.8 Å². The molecule has 1 aromatic rings. The minimum atomic E-state index is -1.55. The molecule has 2 bridgehead atoms. The summed E-state index contributed by atoms with van der Waals surface area (Å²) in [5.41, 5.74) is -2.70. The monoisotopic (exact) mass is 698 g/mol. The van der Waals surface area contributed by atoms with Gasteiger partial charge in [-0.3, -0.25) is 24.0 Å². The molecule has 3 fully saturated rings. The molecule has 3 aliphatic carbocycles. The predicted octanol–water partition coefficient (Wildman–Crippen LogP) is 4.04. The van der Waals surface area contributed by atoms with E-state index in [1.54, 1.807) is 44.2 Å². The van der Waals surface area contributed by atoms with Gasteiger partial charge in [0.1, 0.15) is 24.4 Å². The molecule has 10 atom stereocenters. The third kappa shape index (κ3) is 6.29. The van der Waals surface area contributed by atoms with E-state index in [4.69, 9.17) is 33.2 Å². The molecule has 0 radical (unpaired) electrons. The average molecular weight is 699 g/mol. The Kier molecular flexibility index (Phi) is 9.96. The first kappa shape index (κ1) is 37.0. The number of ether oxygens (including phenoxy) is 7. The number of carbonyl (C=O) groups excluding carboxylic acids is 6. The van der Waals surface area contributed by atoms with Crippen molar-refractivity contribution in [3.8, 4) is 0 Å². The van der Waals surface area contributed by atoms with Gasteiger partial charge in [0.25, 0.3) is 0 Å². The minimum absolute atomic E-state index is 0.0198. The van der Waals surface area contributed by atoms with Gasteiger partial charge in [-0.1, -0.05) is 39.0 Å². The molecule has 272 valence electrons. The maximum absolute atomic E-state index is 14.1. The zero-order chi connectivity index (χ0) is 36.9. The first-order valence-corrected chi connectivity index (χ1v) is 16.8. The lowest BCUT2D eigenvalue weighted by Gasteiger charge is -2.68. The molecular formula is C37H46O13. The molecule has 0 spiro atoms. The van der Waals surface area contributed by atoms with Crippen LogP contribution < -0.4 is 0 Å². The summed E-state index contributed by atoms with van der Waals surface area (Å²) in [6.07, 6.45) is -6.43. The lowest BCUT2D eigenvalue weighted by molar-refractivity contribution is -0.355. The van der Waals surface area contributed by atoms with E-state index in [0.29, 0.717) is 11.1 Å². The Morgan fingerprint density at radius 2 is 1.34 bits per heavy atom. The standard InChI is InChI=1S/C37H46O13/c1-18-26(45-19(2)38)15-25-30(49-34(43)24-13-11-10-12-14-24)32-36(9,27(46-20(3)39)16-28-37(32,17-44-28)50-23(6)42)33(48-22(5)41)31(47-21(4)40)29(18)35(25,7)8/h10-14,25-28,30-33H,15-17H2,1-9H3/t25-,26?,27-,28?,30?,31+,32?,33?,36+,37?/m0/s1. The van der Waals surface area contributed by atoms with Crippen LogP contribution in [0.5, 0.6) is 0 Å². The van der Waals surface area contributed by atoms with Crippen molar-refractivity contribution in [3.05, 3.63) is 47.0 Å². The van der Waals surface area contributed by atoms with Crippen LogP contribution in [0.25, 0.3) is 0 Å². The Hall–Kier alpha value is -4.26. The molecule has 0 aromatic heterocycles. The highest BCUT2D eigenvalue weighted by atomic mass is 16.6. The summed E-state index contributed by atoms with van der Waals surface area (Å²) in [7, 11) is 0. The smallest absolute Gasteiger partial charge is 0.338 e. The molecule has 0 amide bonds. The topological polar surface area (TPSA) is 167 Å². The second-order valence-electron chi connectivity index (χ2n) is 14.6. The molecule has 6 unspecified atom stereocenters. The summed E-state index contributed by atoms with van der Waals surface area (Å²) >= 11 is 0. The van der Waals surface area contributed by atoms with Gasteiger partial charge in [-0.2, -0.15) is 0 Å². The van der Waals surface area contributed by atoms with Gasteiger partial charge in [0.2, 0.25) is 0 Å². The van der Waals surface area contributed by atoms with E-state index in [9.17, 15) is 28.8 Å². The first-order valence-electron chi connectivity index (χ1n) is 16.8. The van der Waals surface area contributed by atoms with Crippen LogP contribution in [0.15, 0.2) is 41.5 Å². The van der Waals surface area contributed by atoms with Gasteiger partial charge in [-0.25, -0.2) is 4.79 Å². The number of rotatable bonds is 7. The number of benzene rings is 1. The molecule has 1 aliphatic heterocycles. The molecule has 13 heteroatoms. The van der Waals surface area contributed by atoms with Crippen LogP contribution in [0.2, 0.25) is 0 Å². The van der Waals surface area contributed by atoms with E-state index in [2.05, 4.69) is 0 Å². The fourth-order valence-electron chi connectivity index (χ4n) is 9.24. The van der Waals surface area contributed by atoms with E-state index in [0.717, 1.165) is 0 Å². The molecule has 4 aliphatic rings. The van der Waals surface area contributed by atoms with Crippen LogP contribution >= 0.6 is 0 Å². The zero-order valence-corrected chi connectivity index (χ0v) is 29.9. The van der Waals surface area contributed by atoms with Crippen molar-refractivity contribution >= 4 is 35.8 Å². The first-order chi connectivity index (χ1) is 23.3. The fraction of sp³-hybridized carbons (Fsp3) is 0.622. The summed E-state index contributed by atoms with van der Waals surface area (Å²) in [5.74, 6) is -5.75. The Labute approximate surface area is 291 Å². The average Bonchev–Trinajstić information content (AvgIpc) is 2.99. The maximum Gasteiger partial charge on any atom is 0.338 e. The van der Waals surface area contributed by atoms with Gasteiger partial charge in [-0.05, 0) is 42.0 Å². The predicted molar refractivity (Wildman–Crippen MR) is 173 cm³/mol. The van der Waals surface area contributed by atoms with Crippen molar-refractivity contribution in [2.24, 2.45) is 22.7 Å². The number of carbonyl (C=O) groups is 6. The van der Waals surface area contributed by atoms with Crippen LogP contribution in [0.3, 0.4) is 0 Å². The van der Waals surface area contributed by atoms with E-state index in [-0.39, 0.29) is 25.0 Å². The van der Waals surface area contributed by atoms with Gasteiger partial charge in [0, 0.05) is 47.0 Å². The second-order valence-corrected chi connectivity index (χ2v) is 14.6. The number of hydrogen-bond donors (Lipinski definition) is 0. The van der Waals surface area contributed by atoms with Gasteiger partial charge < -0.3 is 33.2 Å². The third-order valence-corrected chi connectivity index (χ3v) is 11.1. The molecule has 5 rings (SSSR count). The molecule has 50 heavy (non-hydrogen) atoms. The Morgan fingerprint density at radius 3 is 1.86 bits per heavy atom. The van der Waals surface area contributed by atoms with Gasteiger partial charge >= 0.3 is 35.8 Å². The van der Waals surface area contributed by atoms with Crippen LogP contribution in [0.4, 0.5) is 0 Å². The fourth-order valence-corrected chi connectivity index (χ4v) is 9.24. The lowest BCUT2D eigenvalue weighted by atomic mass is 9.45. The summed E-state index contributed by atoms with van der Waals surface area (Å²) in [5, 5.41) is 0. The number of hydrogen-bond acceptors (Lipinski definition) is 13. The van der Waals surface area contributed by atoms with Gasteiger partial charge in [-0.15, -0.1) is 0 Å². The van der Waals surface area contributed by atoms with Crippen LogP contribution in [0, 0.1) is 22.7 Å². The van der Waals surface area contributed by atoms with E-state index in [1.165, 1.54) is 34.6 Å². The highest BCUT2D eigenvalue weighted by Crippen LogP contribution is 2.65. The summed E-state index contributed by atoms with van der Waals surface area (Å²) in [6.45, 7) is 13.3. The Morgan fingerprint density at radius 1 is 0.740 bits per heavy atom. The summed E-state index contributed by atoms with van der Waals surface area (Å²) in [4.78, 5) is 78.5. The van der Waals surface area contributed by atoms with Crippen molar-refractivity contribution in [1.29, 1.82) is 0 Å². The highest BCUT2D eigenvalue weighted by Gasteiger charge is 2.77. The van der Waals surface area contributed by atoms with Crippen molar-refractivity contribution in [2.45, 2.75) is 117 Å². The Balaban J connectivity index is 1.91. The van der Waals surface area contributed by atoms with E-state index < -0.39 is 101 Å². The maximum atomic E-state index is 14.1. The lowest BCUT2D eigenvalue weighted by Crippen LogP contribution is -2.80. The molecule has 1 saturated heterocycles. The minimum Gasteiger partial charge on any atom is -0.462 e. The third-order valence-electron chi connectivity index (χ3n) is 11.1. The van der Waals surface area contributed by atoms with Crippen LogP contribution in [0.1, 0.15) is 85.5 Å². The quantitative estimate of drug-likeness (QED) is 0.228. The van der Waals surface area contributed by atoms with Crippen molar-refractivity contribution in [2.75, 3.05) is 6.61 Å². The summed E-state index contributed by atoms with van der Waals surface area (Å²) in [6, 6.07) is 8.35. The number of fused-ring (bicyclic) bond motifs is 5. The normalized spacial score (nSPS) is 35.3. The van der Waals surface area contributed by atoms with Crippen LogP contribution in [-0.4, -0.2) is 84.6 Å². The highest BCUT2D eigenvalue weighted by molar-refractivity contribution is 5.89. The molecule has 0 N–H and O–H groups in total. The van der Waals surface area contributed by atoms with Gasteiger partial charge in [0.05, 0.1) is 23.5 Å². The largest absolute Gasteiger partial charge is 0.462 e. The van der Waals surface area contributed by atoms with Gasteiger partial charge in [0.15, 0.2) is 17.8 Å². The summed E-state index contributed by atoms with van der Waals surface area (Å²) < 4.78 is 43.1. The molecule has 13 nitrogen and oxygen atoms in total. The van der Waals surface area contributed by atoms with E-state index >= 15 is 0 Å². The molecule has 2 saturated carbocycles. The molecule has 1 aromatic carbocycles. The Bertz CT molecular complexity index is 1600. The molecular weight excluding hydrogens is 652 g/mol. The SMILES string of the molecule is CC(=O)OC1C[C@H]2C(OC(=O)c3ccccc3)C3C4(OC(C)=O)COC4C[C@H](OC(C)=O)[C@@]3(C)C(OC(C)=O)[C@H](OC(C)=O)C(=C1C)C2(C)C. The van der Waals surface area contributed by atoms with Crippen molar-refractivity contribution in [3.63, 3.8) is 0 Å². The van der Waals surface area contributed by atoms with Crippen molar-refractivity contribution < 1.29 is 61.9 Å². The zero-order valence-electron chi connectivity index (χ0n) is 29.9. The van der Waals surface area contributed by atoms with Crippen LogP contribution in [-0.2, 0) is 57.1 Å². The van der Waals surface area contributed by atoms with Crippen molar-refractivity contribution in [1.82, 2.24) is 0 Å². The second kappa shape index (κ2) is 13.5. The number of esters is 6.